The zero-order valence-electron chi connectivity index (χ0n) is 12.7. The lowest BCUT2D eigenvalue weighted by Gasteiger charge is -2.33. The maximum atomic E-state index is 10.5. The largest absolute Gasteiger partial charge is 0.390 e. The third-order valence-electron chi connectivity index (χ3n) is 4.93. The monoisotopic (exact) mass is 305 g/mol. The summed E-state index contributed by atoms with van der Waals surface area (Å²) in [7, 11) is 0. The fourth-order valence-corrected chi connectivity index (χ4v) is 3.75. The number of nitrogens with one attached hydrogen (secondary N) is 1. The van der Waals surface area contributed by atoms with Gasteiger partial charge in [-0.2, -0.15) is 0 Å². The van der Waals surface area contributed by atoms with Crippen molar-refractivity contribution in [1.82, 2.24) is 20.2 Å². The van der Waals surface area contributed by atoms with Crippen LogP contribution in [-0.2, 0) is 17.7 Å². The molecule has 4 rings (SSSR count). The number of ether oxygens (including phenoxy) is 1. The van der Waals surface area contributed by atoms with Gasteiger partial charge in [0.1, 0.15) is 12.1 Å². The molecule has 3 aliphatic heterocycles. The Bertz CT molecular complexity index is 535. The van der Waals surface area contributed by atoms with Crippen molar-refractivity contribution >= 4 is 5.82 Å². The minimum Gasteiger partial charge on any atom is -0.390 e. The van der Waals surface area contributed by atoms with E-state index in [2.05, 4.69) is 25.1 Å². The molecule has 0 spiro atoms. The van der Waals surface area contributed by atoms with E-state index in [1.54, 1.807) is 6.33 Å². The van der Waals surface area contributed by atoms with Crippen LogP contribution in [0.15, 0.2) is 6.33 Å². The highest BCUT2D eigenvalue weighted by molar-refractivity contribution is 5.51. The van der Waals surface area contributed by atoms with Crippen LogP contribution in [0.4, 0.5) is 5.82 Å². The van der Waals surface area contributed by atoms with Crippen LogP contribution in [0.1, 0.15) is 11.3 Å². The number of β-amino-alcohol motifs (C(OH)–C–C–N with tert-alkyl or cyclic N) is 1. The van der Waals surface area contributed by atoms with Gasteiger partial charge in [-0.25, -0.2) is 9.97 Å². The molecular formula is C15H23N5O2. The Hall–Kier alpha value is -1.28. The fraction of sp³-hybridized carbons (Fsp3) is 0.733. The minimum atomic E-state index is -0.328. The molecule has 7 nitrogen and oxygen atoms in total. The lowest BCUT2D eigenvalue weighted by atomic mass is 10.1. The van der Waals surface area contributed by atoms with Gasteiger partial charge in [0.2, 0.25) is 0 Å². The molecule has 7 heteroatoms. The third-order valence-corrected chi connectivity index (χ3v) is 4.93. The van der Waals surface area contributed by atoms with E-state index in [0.717, 1.165) is 63.9 Å². The van der Waals surface area contributed by atoms with E-state index in [0.29, 0.717) is 6.54 Å². The Morgan fingerprint density at radius 2 is 2.09 bits per heavy atom. The molecule has 0 radical (unpaired) electrons. The minimum absolute atomic E-state index is 0.177. The molecule has 2 saturated heterocycles. The SMILES string of the molecule is O[C@@H]1CN(c2ncnc3c2CCNC3)C[C@H]1N1CCOCC1. The van der Waals surface area contributed by atoms with Crippen molar-refractivity contribution in [3.05, 3.63) is 17.6 Å². The summed E-state index contributed by atoms with van der Waals surface area (Å²) in [6.07, 6.45) is 2.28. The predicted molar refractivity (Wildman–Crippen MR) is 81.8 cm³/mol. The van der Waals surface area contributed by atoms with E-state index >= 15 is 0 Å². The third kappa shape index (κ3) is 2.58. The number of hydrogen-bond donors (Lipinski definition) is 2. The first-order valence-electron chi connectivity index (χ1n) is 8.11. The van der Waals surface area contributed by atoms with Gasteiger partial charge in [0.15, 0.2) is 0 Å². The van der Waals surface area contributed by atoms with Crippen LogP contribution >= 0.6 is 0 Å². The van der Waals surface area contributed by atoms with Gasteiger partial charge >= 0.3 is 0 Å². The molecule has 2 fully saturated rings. The van der Waals surface area contributed by atoms with E-state index in [1.165, 1.54) is 5.56 Å². The molecule has 0 bridgehead atoms. The van der Waals surface area contributed by atoms with E-state index in [4.69, 9.17) is 4.74 Å². The van der Waals surface area contributed by atoms with Gasteiger partial charge in [-0.3, -0.25) is 4.90 Å². The molecule has 1 aromatic heterocycles. The van der Waals surface area contributed by atoms with Gasteiger partial charge in [-0.05, 0) is 13.0 Å². The van der Waals surface area contributed by atoms with Gasteiger partial charge in [-0.15, -0.1) is 0 Å². The number of anilines is 1. The summed E-state index contributed by atoms with van der Waals surface area (Å²) in [5, 5.41) is 13.8. The number of aromatic nitrogens is 2. The van der Waals surface area contributed by atoms with Gasteiger partial charge < -0.3 is 20.1 Å². The lowest BCUT2D eigenvalue weighted by Crippen LogP contribution is -2.48. The Balaban J connectivity index is 1.54. The zero-order chi connectivity index (χ0) is 14.9. The number of nitrogens with zero attached hydrogens (tertiary/aromatic N) is 4. The predicted octanol–water partition coefficient (Wildman–Crippen LogP) is -0.996. The summed E-state index contributed by atoms with van der Waals surface area (Å²) in [6.45, 7) is 6.60. The van der Waals surface area contributed by atoms with Crippen molar-refractivity contribution in [3.63, 3.8) is 0 Å². The molecule has 2 N–H and O–H groups in total. The molecule has 0 saturated carbocycles. The molecule has 0 unspecified atom stereocenters. The summed E-state index contributed by atoms with van der Waals surface area (Å²) >= 11 is 0. The number of fused-ring (bicyclic) bond motifs is 1. The van der Waals surface area contributed by atoms with Crippen LogP contribution in [0.3, 0.4) is 0 Å². The average molecular weight is 305 g/mol. The van der Waals surface area contributed by atoms with Crippen LogP contribution in [0.2, 0.25) is 0 Å². The van der Waals surface area contributed by atoms with E-state index in [-0.39, 0.29) is 12.1 Å². The van der Waals surface area contributed by atoms with E-state index in [9.17, 15) is 5.11 Å². The highest BCUT2D eigenvalue weighted by Crippen LogP contribution is 2.27. The number of hydrogen-bond acceptors (Lipinski definition) is 7. The van der Waals surface area contributed by atoms with Crippen molar-refractivity contribution < 1.29 is 9.84 Å². The number of aliphatic hydroxyl groups excluding tert-OH is 1. The summed E-state index contributed by atoms with van der Waals surface area (Å²) in [5.74, 6) is 1.02. The lowest BCUT2D eigenvalue weighted by molar-refractivity contribution is -0.00588. The van der Waals surface area contributed by atoms with E-state index in [1.807, 2.05) is 0 Å². The van der Waals surface area contributed by atoms with Gasteiger partial charge in [0, 0.05) is 38.3 Å². The second-order valence-corrected chi connectivity index (χ2v) is 6.24. The number of rotatable bonds is 2. The molecule has 1 aromatic rings. The molecule has 4 heterocycles. The van der Waals surface area contributed by atoms with Gasteiger partial charge in [0.25, 0.3) is 0 Å². The van der Waals surface area contributed by atoms with Crippen LogP contribution in [-0.4, -0.2) is 78.1 Å². The van der Waals surface area contributed by atoms with Crippen LogP contribution in [0, 0.1) is 0 Å². The van der Waals surface area contributed by atoms with Crippen LogP contribution in [0.25, 0.3) is 0 Å². The molecule has 0 amide bonds. The van der Waals surface area contributed by atoms with Crippen molar-refractivity contribution in [1.29, 1.82) is 0 Å². The van der Waals surface area contributed by atoms with Crippen molar-refractivity contribution in [2.24, 2.45) is 0 Å². The van der Waals surface area contributed by atoms with Crippen LogP contribution < -0.4 is 10.2 Å². The van der Waals surface area contributed by atoms with Crippen molar-refractivity contribution in [3.8, 4) is 0 Å². The normalized spacial score (nSPS) is 29.6. The average Bonchev–Trinajstić information content (AvgIpc) is 2.97. The standard InChI is InChI=1S/C15H23N5O2/c21-14-9-20(8-13(14)19-3-5-22-6-4-19)15-11-1-2-16-7-12(11)17-10-18-15/h10,13-14,16,21H,1-9H2/t13-,14-/m1/s1. The molecule has 22 heavy (non-hydrogen) atoms. The topological polar surface area (TPSA) is 73.8 Å². The Morgan fingerprint density at radius 3 is 2.95 bits per heavy atom. The maximum absolute atomic E-state index is 10.5. The first kappa shape index (κ1) is 14.3. The maximum Gasteiger partial charge on any atom is 0.135 e. The van der Waals surface area contributed by atoms with Gasteiger partial charge in [-0.1, -0.05) is 0 Å². The van der Waals surface area contributed by atoms with Crippen LogP contribution in [0.5, 0.6) is 0 Å². The Labute approximate surface area is 130 Å². The molecule has 0 aromatic carbocycles. The van der Waals surface area contributed by atoms with E-state index < -0.39 is 0 Å². The second kappa shape index (κ2) is 6.08. The number of aliphatic hydroxyl groups is 1. The Morgan fingerprint density at radius 1 is 1.23 bits per heavy atom. The quantitative estimate of drug-likeness (QED) is 0.726. The van der Waals surface area contributed by atoms with Crippen molar-refractivity contribution in [2.75, 3.05) is 50.8 Å². The Kier molecular flexibility index (Phi) is 3.96. The summed E-state index contributed by atoms with van der Waals surface area (Å²) in [5.41, 5.74) is 2.34. The van der Waals surface area contributed by atoms with Gasteiger partial charge in [0.05, 0.1) is 31.1 Å². The summed E-state index contributed by atoms with van der Waals surface area (Å²) in [6, 6.07) is 0.177. The first-order chi connectivity index (χ1) is 10.8. The highest BCUT2D eigenvalue weighted by Gasteiger charge is 2.37. The fourth-order valence-electron chi connectivity index (χ4n) is 3.75. The van der Waals surface area contributed by atoms with Crippen molar-refractivity contribution in [2.45, 2.75) is 25.1 Å². The molecule has 2 atom stereocenters. The number of morpholine rings is 1. The smallest absolute Gasteiger partial charge is 0.135 e. The highest BCUT2D eigenvalue weighted by atomic mass is 16.5. The summed E-state index contributed by atoms with van der Waals surface area (Å²) in [4.78, 5) is 13.5. The zero-order valence-corrected chi connectivity index (χ0v) is 12.7. The second-order valence-electron chi connectivity index (χ2n) is 6.24. The molecule has 3 aliphatic rings. The summed E-state index contributed by atoms with van der Waals surface area (Å²) < 4.78 is 5.42. The molecular weight excluding hydrogens is 282 g/mol. The molecule has 0 aliphatic carbocycles. The first-order valence-corrected chi connectivity index (χ1v) is 8.11. The molecule has 120 valence electrons.